The Hall–Kier alpha value is -3.46. The summed E-state index contributed by atoms with van der Waals surface area (Å²) < 4.78 is 22.8. The van der Waals surface area contributed by atoms with Crippen molar-refractivity contribution < 1.29 is 28.5 Å². The Morgan fingerprint density at radius 3 is 2.53 bits per heavy atom. The minimum Gasteiger partial charge on any atom is -0.490 e. The largest absolute Gasteiger partial charge is 0.490 e. The van der Waals surface area contributed by atoms with Crippen molar-refractivity contribution in [1.82, 2.24) is 10.2 Å². The van der Waals surface area contributed by atoms with E-state index in [1.807, 2.05) is 31.2 Å². The Labute approximate surface area is 199 Å². The van der Waals surface area contributed by atoms with Crippen LogP contribution in [0.5, 0.6) is 23.0 Å². The molecular formula is C25H31N3O6. The monoisotopic (exact) mass is 469 g/mol. The lowest BCUT2D eigenvalue weighted by atomic mass is 10.1. The topological polar surface area (TPSA) is 98.4 Å². The summed E-state index contributed by atoms with van der Waals surface area (Å²) >= 11 is 0. The van der Waals surface area contributed by atoms with E-state index >= 15 is 0 Å². The lowest BCUT2D eigenvalue weighted by Crippen LogP contribution is -2.41. The first kappa shape index (κ1) is 23.7. The van der Waals surface area contributed by atoms with Crippen LogP contribution in [0.3, 0.4) is 0 Å². The van der Waals surface area contributed by atoms with Crippen molar-refractivity contribution in [2.75, 3.05) is 44.8 Å². The van der Waals surface area contributed by atoms with E-state index in [0.29, 0.717) is 43.6 Å². The van der Waals surface area contributed by atoms with Crippen molar-refractivity contribution in [3.05, 3.63) is 42.5 Å². The average Bonchev–Trinajstić information content (AvgIpc) is 2.85. The summed E-state index contributed by atoms with van der Waals surface area (Å²) in [6, 6.07) is 12.3. The maximum atomic E-state index is 12.2. The quantitative estimate of drug-likeness (QED) is 0.611. The highest BCUT2D eigenvalue weighted by Crippen LogP contribution is 2.32. The number of carbonyl (C=O) groups is 2. The Kier molecular flexibility index (Phi) is 8.08. The summed E-state index contributed by atoms with van der Waals surface area (Å²) in [5.74, 6) is 2.42. The summed E-state index contributed by atoms with van der Waals surface area (Å²) in [5, 5.41) is 5.04. The number of hydrogen-bond donors (Lipinski definition) is 2. The lowest BCUT2D eigenvalue weighted by molar-refractivity contribution is -0.120. The van der Waals surface area contributed by atoms with Gasteiger partial charge in [-0.25, -0.2) is 4.79 Å². The Bertz CT molecular complexity index is 990. The number of benzene rings is 2. The predicted molar refractivity (Wildman–Crippen MR) is 127 cm³/mol. The van der Waals surface area contributed by atoms with E-state index in [9.17, 15) is 9.59 Å². The molecule has 2 aromatic rings. The summed E-state index contributed by atoms with van der Waals surface area (Å²) in [6.45, 7) is 5.76. The van der Waals surface area contributed by atoms with Gasteiger partial charge in [0.15, 0.2) is 23.0 Å². The van der Waals surface area contributed by atoms with E-state index in [4.69, 9.17) is 18.9 Å². The maximum Gasteiger partial charge on any atom is 0.325 e. The number of piperidine rings is 1. The molecule has 182 valence electrons. The first-order valence-electron chi connectivity index (χ1n) is 11.7. The van der Waals surface area contributed by atoms with Gasteiger partial charge in [-0.3, -0.25) is 10.1 Å². The summed E-state index contributed by atoms with van der Waals surface area (Å²) in [4.78, 5) is 26.6. The number of nitrogens with one attached hydrogen (secondary N) is 2. The van der Waals surface area contributed by atoms with Gasteiger partial charge in [-0.2, -0.15) is 0 Å². The van der Waals surface area contributed by atoms with E-state index in [1.54, 1.807) is 18.2 Å². The zero-order chi connectivity index (χ0) is 23.8. The molecule has 4 rings (SSSR count). The fraction of sp³-hybridized carbons (Fsp3) is 0.440. The number of ether oxygens (including phenoxy) is 4. The molecule has 0 radical (unpaired) electrons. The third-order valence-electron chi connectivity index (χ3n) is 5.69. The number of para-hydroxylation sites is 2. The molecule has 0 bridgehead atoms. The second-order valence-electron chi connectivity index (χ2n) is 8.15. The maximum absolute atomic E-state index is 12.2. The van der Waals surface area contributed by atoms with E-state index in [2.05, 4.69) is 15.5 Å². The Morgan fingerprint density at radius 1 is 1.03 bits per heavy atom. The Morgan fingerprint density at radius 2 is 1.76 bits per heavy atom. The minimum absolute atomic E-state index is 0.114. The smallest absolute Gasteiger partial charge is 0.325 e. The van der Waals surface area contributed by atoms with Crippen LogP contribution in [0.2, 0.25) is 0 Å². The van der Waals surface area contributed by atoms with Gasteiger partial charge in [-0.15, -0.1) is 0 Å². The van der Waals surface area contributed by atoms with Crippen LogP contribution >= 0.6 is 0 Å². The van der Waals surface area contributed by atoms with Crippen LogP contribution in [0.15, 0.2) is 42.5 Å². The molecule has 9 heteroatoms. The molecule has 2 aliphatic rings. The molecule has 0 unspecified atom stereocenters. The highest BCUT2D eigenvalue weighted by Gasteiger charge is 2.22. The van der Waals surface area contributed by atoms with E-state index in [0.717, 1.165) is 37.4 Å². The lowest BCUT2D eigenvalue weighted by Gasteiger charge is -2.32. The SMILES string of the molecule is CCOc1ccccc1OC1CCN(CCC(=O)NC(=O)Nc2ccc3c(c2)OCCO3)CC1. The number of urea groups is 1. The third kappa shape index (κ3) is 6.54. The second kappa shape index (κ2) is 11.6. The van der Waals surface area contributed by atoms with Gasteiger partial charge < -0.3 is 29.2 Å². The molecule has 1 fully saturated rings. The van der Waals surface area contributed by atoms with Crippen molar-refractivity contribution in [3.63, 3.8) is 0 Å². The van der Waals surface area contributed by atoms with Crippen LogP contribution in [-0.4, -0.2) is 62.4 Å². The third-order valence-corrected chi connectivity index (χ3v) is 5.69. The van der Waals surface area contributed by atoms with Crippen LogP contribution in [0.1, 0.15) is 26.2 Å². The van der Waals surface area contributed by atoms with Gasteiger partial charge in [-0.1, -0.05) is 12.1 Å². The normalized spacial score (nSPS) is 15.9. The molecule has 3 amide bonds. The minimum atomic E-state index is -0.568. The van der Waals surface area contributed by atoms with E-state index < -0.39 is 6.03 Å². The number of hydrogen-bond acceptors (Lipinski definition) is 7. The first-order valence-corrected chi connectivity index (χ1v) is 11.7. The number of imide groups is 1. The zero-order valence-electron chi connectivity index (χ0n) is 19.4. The molecule has 2 N–H and O–H groups in total. The van der Waals surface area contributed by atoms with Gasteiger partial charge in [0.25, 0.3) is 0 Å². The fourth-order valence-electron chi connectivity index (χ4n) is 3.98. The molecule has 0 aliphatic carbocycles. The van der Waals surface area contributed by atoms with Gasteiger partial charge >= 0.3 is 6.03 Å². The molecule has 0 saturated carbocycles. The van der Waals surface area contributed by atoms with Crippen LogP contribution < -0.4 is 29.6 Å². The van der Waals surface area contributed by atoms with Crippen LogP contribution in [0, 0.1) is 0 Å². The Balaban J connectivity index is 1.16. The number of amides is 3. The molecule has 2 aromatic carbocycles. The van der Waals surface area contributed by atoms with Crippen LogP contribution in [0.4, 0.5) is 10.5 Å². The van der Waals surface area contributed by atoms with Gasteiger partial charge in [0, 0.05) is 37.8 Å². The van der Waals surface area contributed by atoms with Crippen molar-refractivity contribution in [2.45, 2.75) is 32.3 Å². The molecule has 9 nitrogen and oxygen atoms in total. The van der Waals surface area contributed by atoms with Crippen molar-refractivity contribution in [2.24, 2.45) is 0 Å². The first-order chi connectivity index (χ1) is 16.6. The van der Waals surface area contributed by atoms with Gasteiger partial charge in [0.2, 0.25) is 5.91 Å². The van der Waals surface area contributed by atoms with Crippen molar-refractivity contribution in [3.8, 4) is 23.0 Å². The fourth-order valence-corrected chi connectivity index (χ4v) is 3.98. The van der Waals surface area contributed by atoms with Gasteiger partial charge in [0.1, 0.15) is 19.3 Å². The summed E-state index contributed by atoms with van der Waals surface area (Å²) in [6.07, 6.45) is 2.09. The molecule has 34 heavy (non-hydrogen) atoms. The van der Waals surface area contributed by atoms with Crippen LogP contribution in [0.25, 0.3) is 0 Å². The molecule has 0 atom stereocenters. The number of carbonyl (C=O) groups excluding carboxylic acids is 2. The van der Waals surface area contributed by atoms with Gasteiger partial charge in [0.05, 0.1) is 6.61 Å². The number of rotatable bonds is 8. The second-order valence-corrected chi connectivity index (χ2v) is 8.15. The summed E-state index contributed by atoms with van der Waals surface area (Å²) in [7, 11) is 0. The molecular weight excluding hydrogens is 438 g/mol. The number of fused-ring (bicyclic) bond motifs is 1. The van der Waals surface area contributed by atoms with Crippen molar-refractivity contribution in [1.29, 1.82) is 0 Å². The van der Waals surface area contributed by atoms with Crippen molar-refractivity contribution >= 4 is 17.6 Å². The molecule has 2 heterocycles. The summed E-state index contributed by atoms with van der Waals surface area (Å²) in [5.41, 5.74) is 0.530. The highest BCUT2D eigenvalue weighted by molar-refractivity contribution is 6.01. The molecule has 2 aliphatic heterocycles. The number of nitrogens with zero attached hydrogens (tertiary/aromatic N) is 1. The molecule has 0 aromatic heterocycles. The standard InChI is InChI=1S/C25H31N3O6/c1-2-31-20-5-3-4-6-22(20)34-19-9-12-28(13-10-19)14-11-24(29)27-25(30)26-18-7-8-21-23(17-18)33-16-15-32-21/h3-8,17,19H,2,9-16H2,1H3,(H2,26,27,29,30). The molecule has 0 spiro atoms. The van der Waals surface area contributed by atoms with Gasteiger partial charge in [-0.05, 0) is 44.0 Å². The number of likely N-dealkylation sites (tertiary alicyclic amines) is 1. The average molecular weight is 470 g/mol. The van der Waals surface area contributed by atoms with E-state index in [-0.39, 0.29) is 18.4 Å². The molecule has 1 saturated heterocycles. The van der Waals surface area contributed by atoms with Crippen LogP contribution in [-0.2, 0) is 4.79 Å². The van der Waals surface area contributed by atoms with E-state index in [1.165, 1.54) is 0 Å². The zero-order valence-corrected chi connectivity index (χ0v) is 19.4. The number of anilines is 1. The highest BCUT2D eigenvalue weighted by atomic mass is 16.6. The predicted octanol–water partition coefficient (Wildman–Crippen LogP) is 3.44.